The van der Waals surface area contributed by atoms with Crippen LogP contribution in [0.4, 0.5) is 8.78 Å². The third kappa shape index (κ3) is 2.70. The van der Waals surface area contributed by atoms with Crippen LogP contribution in [0, 0.1) is 13.8 Å². The molecule has 0 atom stereocenters. The molecule has 0 unspecified atom stereocenters. The molecule has 20 heavy (non-hydrogen) atoms. The lowest BCUT2D eigenvalue weighted by Gasteiger charge is -2.12. The normalized spacial score (nSPS) is 11.7. The highest BCUT2D eigenvalue weighted by atomic mass is 35.5. The van der Waals surface area contributed by atoms with Crippen molar-refractivity contribution in [3.05, 3.63) is 50.5 Å². The maximum absolute atomic E-state index is 13.1. The Morgan fingerprint density at radius 3 is 2.45 bits per heavy atom. The van der Waals surface area contributed by atoms with Crippen molar-refractivity contribution >= 4 is 11.6 Å². The molecule has 0 saturated heterocycles. The van der Waals surface area contributed by atoms with Gasteiger partial charge in [-0.15, -0.1) is 0 Å². The summed E-state index contributed by atoms with van der Waals surface area (Å²) in [6.07, 6.45) is 0.955. The SMILES string of the molecule is Cc1cc(C)c(-n2ncc(C(C)(F)F)cc2=O)nc1Cl. The molecule has 0 spiro atoms. The average molecular weight is 300 g/mol. The van der Waals surface area contributed by atoms with E-state index < -0.39 is 17.0 Å². The molecule has 0 amide bonds. The minimum atomic E-state index is -3.11. The number of hydrogen-bond donors (Lipinski definition) is 0. The summed E-state index contributed by atoms with van der Waals surface area (Å²) >= 11 is 5.92. The average Bonchev–Trinajstić information content (AvgIpc) is 2.33. The Bertz CT molecular complexity index is 723. The van der Waals surface area contributed by atoms with E-state index in [1.165, 1.54) is 0 Å². The Kier molecular flexibility index (Phi) is 3.60. The van der Waals surface area contributed by atoms with Gasteiger partial charge in [0.15, 0.2) is 5.82 Å². The summed E-state index contributed by atoms with van der Waals surface area (Å²) in [4.78, 5) is 16.0. The molecule has 2 aromatic heterocycles. The number of halogens is 3. The van der Waals surface area contributed by atoms with E-state index in [0.29, 0.717) is 12.5 Å². The summed E-state index contributed by atoms with van der Waals surface area (Å²) in [6.45, 7) is 4.23. The van der Waals surface area contributed by atoms with E-state index >= 15 is 0 Å². The highest BCUT2D eigenvalue weighted by molar-refractivity contribution is 6.30. The van der Waals surface area contributed by atoms with Crippen molar-refractivity contribution in [2.24, 2.45) is 0 Å². The summed E-state index contributed by atoms with van der Waals surface area (Å²) in [5, 5.41) is 3.99. The standard InChI is InChI=1S/C13H12ClF2N3O/c1-7-4-8(2)12(18-11(7)14)19-10(20)5-9(6-17-19)13(3,15)16/h4-6H,1-3H3. The molecule has 0 radical (unpaired) electrons. The molecule has 7 heteroatoms. The largest absolute Gasteiger partial charge is 0.273 e. The molecule has 0 aliphatic carbocycles. The fourth-order valence-corrected chi connectivity index (χ4v) is 1.87. The lowest BCUT2D eigenvalue weighted by molar-refractivity contribution is 0.0167. The lowest BCUT2D eigenvalue weighted by atomic mass is 10.2. The predicted molar refractivity (Wildman–Crippen MR) is 71.7 cm³/mol. The number of pyridine rings is 1. The van der Waals surface area contributed by atoms with E-state index in [0.717, 1.165) is 22.5 Å². The van der Waals surface area contributed by atoms with Crippen molar-refractivity contribution in [1.82, 2.24) is 14.8 Å². The first kappa shape index (κ1) is 14.6. The van der Waals surface area contributed by atoms with Gasteiger partial charge in [0.1, 0.15) is 5.15 Å². The van der Waals surface area contributed by atoms with Crippen LogP contribution in [-0.2, 0) is 5.92 Å². The van der Waals surface area contributed by atoms with Gasteiger partial charge in [0.05, 0.1) is 6.20 Å². The van der Waals surface area contributed by atoms with Gasteiger partial charge in [0, 0.05) is 18.6 Å². The van der Waals surface area contributed by atoms with E-state index in [2.05, 4.69) is 10.1 Å². The van der Waals surface area contributed by atoms with Gasteiger partial charge < -0.3 is 0 Å². The first-order valence-corrected chi connectivity index (χ1v) is 6.20. The number of rotatable bonds is 2. The molecular formula is C13H12ClF2N3O. The number of aromatic nitrogens is 3. The van der Waals surface area contributed by atoms with Gasteiger partial charge in [-0.1, -0.05) is 11.6 Å². The van der Waals surface area contributed by atoms with Gasteiger partial charge in [0.25, 0.3) is 11.5 Å². The Labute approximate surface area is 119 Å². The number of aryl methyl sites for hydroxylation is 2. The van der Waals surface area contributed by atoms with Gasteiger partial charge in [-0.05, 0) is 31.0 Å². The van der Waals surface area contributed by atoms with Gasteiger partial charge in [0.2, 0.25) is 0 Å². The van der Waals surface area contributed by atoms with Gasteiger partial charge in [-0.3, -0.25) is 4.79 Å². The third-order valence-electron chi connectivity index (χ3n) is 2.82. The van der Waals surface area contributed by atoms with Gasteiger partial charge >= 0.3 is 0 Å². The van der Waals surface area contributed by atoms with Crippen LogP contribution < -0.4 is 5.56 Å². The second kappa shape index (κ2) is 4.94. The molecule has 0 saturated carbocycles. The van der Waals surface area contributed by atoms with Crippen LogP contribution in [-0.4, -0.2) is 14.8 Å². The monoisotopic (exact) mass is 299 g/mol. The van der Waals surface area contributed by atoms with Gasteiger partial charge in [-0.25, -0.2) is 13.8 Å². The van der Waals surface area contributed by atoms with Crippen molar-refractivity contribution in [2.75, 3.05) is 0 Å². The van der Waals surface area contributed by atoms with Crippen molar-refractivity contribution < 1.29 is 8.78 Å². The Hall–Kier alpha value is -1.82. The maximum atomic E-state index is 13.1. The summed E-state index contributed by atoms with van der Waals surface area (Å²) in [5.41, 5.74) is 0.323. The van der Waals surface area contributed by atoms with Crippen LogP contribution in [0.2, 0.25) is 5.15 Å². The molecule has 0 bridgehead atoms. The number of alkyl halides is 2. The van der Waals surface area contributed by atoms with E-state index in [-0.39, 0.29) is 11.0 Å². The number of hydrogen-bond acceptors (Lipinski definition) is 3. The van der Waals surface area contributed by atoms with Gasteiger partial charge in [-0.2, -0.15) is 9.78 Å². The molecule has 4 nitrogen and oxygen atoms in total. The van der Waals surface area contributed by atoms with E-state index in [4.69, 9.17) is 11.6 Å². The van der Waals surface area contributed by atoms with Crippen LogP contribution in [0.25, 0.3) is 5.82 Å². The maximum Gasteiger partial charge on any atom is 0.273 e. The lowest BCUT2D eigenvalue weighted by Crippen LogP contribution is -2.25. The van der Waals surface area contributed by atoms with E-state index in [1.807, 2.05) is 0 Å². The molecule has 106 valence electrons. The van der Waals surface area contributed by atoms with Crippen molar-refractivity contribution in [3.63, 3.8) is 0 Å². The van der Waals surface area contributed by atoms with Crippen LogP contribution >= 0.6 is 11.6 Å². The zero-order valence-corrected chi connectivity index (χ0v) is 11.9. The zero-order valence-electron chi connectivity index (χ0n) is 11.1. The fraction of sp³-hybridized carbons (Fsp3) is 0.308. The highest BCUT2D eigenvalue weighted by Gasteiger charge is 2.26. The summed E-state index contributed by atoms with van der Waals surface area (Å²) in [7, 11) is 0. The molecule has 0 aliphatic rings. The van der Waals surface area contributed by atoms with Crippen LogP contribution in [0.3, 0.4) is 0 Å². The first-order chi connectivity index (χ1) is 9.20. The van der Waals surface area contributed by atoms with E-state index in [9.17, 15) is 13.6 Å². The van der Waals surface area contributed by atoms with Crippen molar-refractivity contribution in [3.8, 4) is 5.82 Å². The molecule has 2 heterocycles. The minimum Gasteiger partial charge on any atom is -0.267 e. The molecule has 0 aromatic carbocycles. The first-order valence-electron chi connectivity index (χ1n) is 5.82. The molecule has 0 N–H and O–H groups in total. The Morgan fingerprint density at radius 2 is 1.90 bits per heavy atom. The zero-order chi connectivity index (χ0) is 15.1. The smallest absolute Gasteiger partial charge is 0.267 e. The highest BCUT2D eigenvalue weighted by Crippen LogP contribution is 2.25. The quantitative estimate of drug-likeness (QED) is 0.801. The van der Waals surface area contributed by atoms with Crippen LogP contribution in [0.5, 0.6) is 0 Å². The minimum absolute atomic E-state index is 0.233. The molecular weight excluding hydrogens is 288 g/mol. The number of nitrogens with zero attached hydrogens (tertiary/aromatic N) is 3. The summed E-state index contributed by atoms with van der Waals surface area (Å²) < 4.78 is 27.2. The summed E-state index contributed by atoms with van der Waals surface area (Å²) in [6, 6.07) is 2.60. The van der Waals surface area contributed by atoms with Crippen LogP contribution in [0.1, 0.15) is 23.6 Å². The second-order valence-corrected chi connectivity index (χ2v) is 4.98. The predicted octanol–water partition coefficient (Wildman–Crippen LogP) is 3.01. The van der Waals surface area contributed by atoms with Crippen molar-refractivity contribution in [1.29, 1.82) is 0 Å². The second-order valence-electron chi connectivity index (χ2n) is 4.62. The molecule has 2 rings (SSSR count). The Balaban J connectivity index is 2.61. The molecule has 2 aromatic rings. The Morgan fingerprint density at radius 1 is 1.25 bits per heavy atom. The topological polar surface area (TPSA) is 47.8 Å². The fourth-order valence-electron chi connectivity index (χ4n) is 1.74. The van der Waals surface area contributed by atoms with Crippen LogP contribution in [0.15, 0.2) is 23.1 Å². The molecule has 0 aliphatic heterocycles. The molecule has 0 fully saturated rings. The van der Waals surface area contributed by atoms with Crippen molar-refractivity contribution in [2.45, 2.75) is 26.7 Å². The van der Waals surface area contributed by atoms with E-state index in [1.54, 1.807) is 19.9 Å². The summed E-state index contributed by atoms with van der Waals surface area (Å²) in [5.74, 6) is -2.88. The third-order valence-corrected chi connectivity index (χ3v) is 3.21.